The average Bonchev–Trinajstić information content (AvgIpc) is 1.92. The molecule has 0 amide bonds. The van der Waals surface area contributed by atoms with Gasteiger partial charge in [-0.3, -0.25) is 4.21 Å². The summed E-state index contributed by atoms with van der Waals surface area (Å²) in [7, 11) is -0.624. The van der Waals surface area contributed by atoms with E-state index in [-0.39, 0.29) is 5.41 Å². The Balaban J connectivity index is 2.57. The molecule has 2 nitrogen and oxygen atoms in total. The molecule has 1 aliphatic rings. The van der Waals surface area contributed by atoms with Crippen LogP contribution in [0.4, 0.5) is 0 Å². The van der Waals surface area contributed by atoms with Crippen LogP contribution in [0.3, 0.4) is 0 Å². The van der Waals surface area contributed by atoms with Crippen molar-refractivity contribution < 1.29 is 4.21 Å². The monoisotopic (exact) mass is 189 g/mol. The largest absolute Gasteiger partial charge is 0.311 e. The standard InChI is InChI=1S/C9H19NOS/c1-7-5-10-8(6-12(7)11)9(2,3)4/h7-8,10H,5-6H2,1-4H3. The Bertz CT molecular complexity index is 185. The number of nitrogens with one attached hydrogen (secondary N) is 1. The van der Waals surface area contributed by atoms with Crippen molar-refractivity contribution in [1.82, 2.24) is 5.32 Å². The van der Waals surface area contributed by atoms with Crippen molar-refractivity contribution in [2.24, 2.45) is 5.41 Å². The maximum Gasteiger partial charge on any atom is 0.0445 e. The van der Waals surface area contributed by atoms with Crippen LogP contribution in [0.2, 0.25) is 0 Å². The summed E-state index contributed by atoms with van der Waals surface area (Å²) < 4.78 is 11.5. The van der Waals surface area contributed by atoms with Crippen LogP contribution < -0.4 is 5.32 Å². The molecule has 3 heteroatoms. The summed E-state index contributed by atoms with van der Waals surface area (Å²) >= 11 is 0. The first-order valence-electron chi connectivity index (χ1n) is 4.52. The molecule has 12 heavy (non-hydrogen) atoms. The Hall–Kier alpha value is 0.110. The zero-order valence-corrected chi connectivity index (χ0v) is 9.20. The SMILES string of the molecule is CC1CNC(C(C)(C)C)CS1=O. The van der Waals surface area contributed by atoms with Crippen molar-refractivity contribution in [2.45, 2.75) is 39.0 Å². The van der Waals surface area contributed by atoms with E-state index < -0.39 is 10.8 Å². The first-order valence-corrected chi connectivity index (χ1v) is 5.90. The van der Waals surface area contributed by atoms with Gasteiger partial charge in [0.1, 0.15) is 0 Å². The van der Waals surface area contributed by atoms with Gasteiger partial charge in [-0.25, -0.2) is 0 Å². The second kappa shape index (κ2) is 3.46. The molecule has 0 spiro atoms. The van der Waals surface area contributed by atoms with Gasteiger partial charge in [-0.1, -0.05) is 20.8 Å². The summed E-state index contributed by atoms with van der Waals surface area (Å²) in [6.07, 6.45) is 0. The molecule has 0 aromatic rings. The maximum absolute atomic E-state index is 11.5. The van der Waals surface area contributed by atoms with Gasteiger partial charge >= 0.3 is 0 Å². The van der Waals surface area contributed by atoms with Crippen molar-refractivity contribution in [1.29, 1.82) is 0 Å². The predicted molar refractivity (Wildman–Crippen MR) is 53.7 cm³/mol. The van der Waals surface area contributed by atoms with Gasteiger partial charge in [0.2, 0.25) is 0 Å². The lowest BCUT2D eigenvalue weighted by Crippen LogP contribution is -2.52. The molecule has 72 valence electrons. The zero-order chi connectivity index (χ0) is 9.35. The molecule has 3 unspecified atom stereocenters. The van der Waals surface area contributed by atoms with Gasteiger partial charge in [-0.15, -0.1) is 0 Å². The molecule has 1 N–H and O–H groups in total. The van der Waals surface area contributed by atoms with Crippen LogP contribution in [0.5, 0.6) is 0 Å². The molecular weight excluding hydrogens is 170 g/mol. The van der Waals surface area contributed by atoms with E-state index in [0.29, 0.717) is 11.3 Å². The minimum Gasteiger partial charge on any atom is -0.311 e. The summed E-state index contributed by atoms with van der Waals surface area (Å²) in [6.45, 7) is 9.52. The molecule has 1 fully saturated rings. The predicted octanol–water partition coefficient (Wildman–Crippen LogP) is 1.14. The fourth-order valence-electron chi connectivity index (χ4n) is 1.34. The molecular formula is C9H19NOS. The second-order valence-corrected chi connectivity index (χ2v) is 6.58. The van der Waals surface area contributed by atoms with Crippen LogP contribution >= 0.6 is 0 Å². The molecule has 0 bridgehead atoms. The first kappa shape index (κ1) is 10.2. The Kier molecular flexibility index (Phi) is 2.94. The third kappa shape index (κ3) is 2.30. The number of hydrogen-bond donors (Lipinski definition) is 1. The summed E-state index contributed by atoms with van der Waals surface area (Å²) in [5.74, 6) is 0.810. The van der Waals surface area contributed by atoms with Crippen molar-refractivity contribution in [3.05, 3.63) is 0 Å². The smallest absolute Gasteiger partial charge is 0.0445 e. The third-order valence-electron chi connectivity index (χ3n) is 2.48. The lowest BCUT2D eigenvalue weighted by molar-refractivity contribution is 0.284. The van der Waals surface area contributed by atoms with Gasteiger partial charge in [0, 0.05) is 34.4 Å². The number of hydrogen-bond acceptors (Lipinski definition) is 2. The molecule has 0 saturated carbocycles. The molecule has 1 saturated heterocycles. The highest BCUT2D eigenvalue weighted by atomic mass is 32.2. The summed E-state index contributed by atoms with van der Waals surface area (Å²) in [5, 5.41) is 3.77. The molecule has 0 aromatic carbocycles. The van der Waals surface area contributed by atoms with Crippen LogP contribution in [0.25, 0.3) is 0 Å². The van der Waals surface area contributed by atoms with Crippen molar-refractivity contribution in [3.8, 4) is 0 Å². The van der Waals surface area contributed by atoms with E-state index in [4.69, 9.17) is 0 Å². The third-order valence-corrected chi connectivity index (χ3v) is 4.20. The Labute approximate surface area is 77.6 Å². The minimum absolute atomic E-state index is 0.232. The Morgan fingerprint density at radius 1 is 1.42 bits per heavy atom. The highest BCUT2D eigenvalue weighted by molar-refractivity contribution is 7.85. The molecule has 1 rings (SSSR count). The fraction of sp³-hybridized carbons (Fsp3) is 1.00. The maximum atomic E-state index is 11.5. The van der Waals surface area contributed by atoms with Crippen LogP contribution in [0.1, 0.15) is 27.7 Å². The van der Waals surface area contributed by atoms with Crippen LogP contribution in [0.15, 0.2) is 0 Å². The first-order chi connectivity index (χ1) is 5.41. The highest BCUT2D eigenvalue weighted by Gasteiger charge is 2.31. The van der Waals surface area contributed by atoms with Gasteiger partial charge in [0.15, 0.2) is 0 Å². The summed E-state index contributed by atoms with van der Waals surface area (Å²) in [5.41, 5.74) is 0.232. The van der Waals surface area contributed by atoms with Crippen molar-refractivity contribution in [2.75, 3.05) is 12.3 Å². The second-order valence-electron chi connectivity index (χ2n) is 4.68. The quantitative estimate of drug-likeness (QED) is 0.619. The Morgan fingerprint density at radius 2 is 2.00 bits per heavy atom. The molecule has 0 radical (unpaired) electrons. The average molecular weight is 189 g/mol. The normalized spacial score (nSPS) is 38.2. The van der Waals surface area contributed by atoms with Gasteiger partial charge in [0.25, 0.3) is 0 Å². The zero-order valence-electron chi connectivity index (χ0n) is 8.39. The van der Waals surface area contributed by atoms with Crippen LogP contribution in [-0.2, 0) is 10.8 Å². The van der Waals surface area contributed by atoms with E-state index >= 15 is 0 Å². The van der Waals surface area contributed by atoms with E-state index in [0.717, 1.165) is 12.3 Å². The topological polar surface area (TPSA) is 29.1 Å². The van der Waals surface area contributed by atoms with E-state index in [1.807, 2.05) is 6.92 Å². The van der Waals surface area contributed by atoms with Crippen LogP contribution in [-0.4, -0.2) is 27.8 Å². The van der Waals surface area contributed by atoms with E-state index in [2.05, 4.69) is 26.1 Å². The fourth-order valence-corrected chi connectivity index (χ4v) is 2.90. The number of rotatable bonds is 0. The lowest BCUT2D eigenvalue weighted by Gasteiger charge is -2.36. The van der Waals surface area contributed by atoms with Crippen molar-refractivity contribution in [3.63, 3.8) is 0 Å². The Morgan fingerprint density at radius 3 is 2.42 bits per heavy atom. The van der Waals surface area contributed by atoms with E-state index in [9.17, 15) is 4.21 Å². The van der Waals surface area contributed by atoms with Gasteiger partial charge in [-0.2, -0.15) is 0 Å². The molecule has 1 heterocycles. The van der Waals surface area contributed by atoms with E-state index in [1.54, 1.807) is 0 Å². The molecule has 0 aliphatic carbocycles. The highest BCUT2D eigenvalue weighted by Crippen LogP contribution is 2.22. The minimum atomic E-state index is -0.624. The summed E-state index contributed by atoms with van der Waals surface area (Å²) in [4.78, 5) is 0. The summed E-state index contributed by atoms with van der Waals surface area (Å²) in [6, 6.07) is 0.412. The van der Waals surface area contributed by atoms with E-state index in [1.165, 1.54) is 0 Å². The molecule has 0 aromatic heterocycles. The molecule has 1 aliphatic heterocycles. The van der Waals surface area contributed by atoms with Gasteiger partial charge < -0.3 is 5.32 Å². The lowest BCUT2D eigenvalue weighted by atomic mass is 9.88. The van der Waals surface area contributed by atoms with Gasteiger partial charge in [0.05, 0.1) is 0 Å². The molecule has 3 atom stereocenters. The van der Waals surface area contributed by atoms with Gasteiger partial charge in [-0.05, 0) is 12.3 Å². The van der Waals surface area contributed by atoms with Crippen molar-refractivity contribution >= 4 is 10.8 Å². The van der Waals surface area contributed by atoms with Crippen LogP contribution in [0, 0.1) is 5.41 Å².